The number of aromatic nitrogens is 2. The van der Waals surface area contributed by atoms with E-state index in [0.29, 0.717) is 12.3 Å². The fraction of sp³-hybridized carbons (Fsp3) is 0.267. The van der Waals surface area contributed by atoms with Gasteiger partial charge in [0.15, 0.2) is 11.9 Å². The lowest BCUT2D eigenvalue weighted by Crippen LogP contribution is -2.37. The Balaban J connectivity index is 1.70. The molecule has 0 aliphatic carbocycles. The van der Waals surface area contributed by atoms with Gasteiger partial charge in [0.1, 0.15) is 17.3 Å². The monoisotopic (exact) mass is 482 g/mol. The summed E-state index contributed by atoms with van der Waals surface area (Å²) in [5.74, 6) is -1.16. The Morgan fingerprint density at radius 3 is 1.86 bits per heavy atom. The molecular formula is C30H30N2O4. The van der Waals surface area contributed by atoms with E-state index in [1.807, 2.05) is 74.6 Å². The quantitative estimate of drug-likeness (QED) is 0.258. The molecule has 36 heavy (non-hydrogen) atoms. The number of carbonyl (C=O) groups excluding carboxylic acids is 1. The van der Waals surface area contributed by atoms with Crippen LogP contribution >= 0.6 is 0 Å². The Morgan fingerprint density at radius 2 is 1.44 bits per heavy atom. The number of nitrogens with zero attached hydrogens (tertiary/aromatic N) is 2. The number of imidazole rings is 1. The zero-order valence-electron chi connectivity index (χ0n) is 20.7. The molecule has 1 aliphatic heterocycles. The first-order valence-electron chi connectivity index (χ1n) is 12.1. The van der Waals surface area contributed by atoms with Gasteiger partial charge in [-0.3, -0.25) is 4.79 Å². The number of benzene rings is 3. The molecule has 2 heterocycles. The molecule has 5 rings (SSSR count). The Bertz CT molecular complexity index is 1210. The lowest BCUT2D eigenvalue weighted by molar-refractivity contribution is -0.170. The average molecular weight is 483 g/mol. The van der Waals surface area contributed by atoms with Gasteiger partial charge in [-0.1, -0.05) is 91.0 Å². The predicted molar refractivity (Wildman–Crippen MR) is 136 cm³/mol. The van der Waals surface area contributed by atoms with Gasteiger partial charge in [-0.05, 0) is 30.5 Å². The second kappa shape index (κ2) is 9.72. The minimum absolute atomic E-state index is 0.305. The first kappa shape index (κ1) is 24.0. The van der Waals surface area contributed by atoms with Gasteiger partial charge >= 0.3 is 5.97 Å². The van der Waals surface area contributed by atoms with Gasteiger partial charge in [0, 0.05) is 13.1 Å². The van der Waals surface area contributed by atoms with Crippen LogP contribution in [0.15, 0.2) is 104 Å². The summed E-state index contributed by atoms with van der Waals surface area (Å²) in [6.07, 6.45) is 2.59. The van der Waals surface area contributed by atoms with Crippen LogP contribution in [0, 0.1) is 0 Å². The molecule has 184 valence electrons. The SMILES string of the molecule is CC(=O)O[C@@H](c1cn(C(c2ccccc2)(c2ccccc2)c2ccccc2)cn1)[C@H]1COC(C)(C)O1. The molecule has 1 saturated heterocycles. The molecule has 6 heteroatoms. The first-order chi connectivity index (χ1) is 17.4. The van der Waals surface area contributed by atoms with Crippen molar-refractivity contribution in [3.8, 4) is 0 Å². The van der Waals surface area contributed by atoms with Crippen LogP contribution in [0.5, 0.6) is 0 Å². The highest BCUT2D eigenvalue weighted by Gasteiger charge is 2.43. The summed E-state index contributed by atoms with van der Waals surface area (Å²) in [5.41, 5.74) is 3.14. The van der Waals surface area contributed by atoms with Gasteiger partial charge in [0.25, 0.3) is 0 Å². The Morgan fingerprint density at radius 1 is 0.944 bits per heavy atom. The molecule has 0 saturated carbocycles. The van der Waals surface area contributed by atoms with Gasteiger partial charge in [0.05, 0.1) is 12.9 Å². The summed E-state index contributed by atoms with van der Waals surface area (Å²) >= 11 is 0. The minimum atomic E-state index is -0.756. The van der Waals surface area contributed by atoms with E-state index in [4.69, 9.17) is 19.2 Å². The molecule has 2 atom stereocenters. The molecule has 1 fully saturated rings. The van der Waals surface area contributed by atoms with Crippen molar-refractivity contribution in [1.82, 2.24) is 9.55 Å². The fourth-order valence-electron chi connectivity index (χ4n) is 5.02. The molecule has 0 radical (unpaired) electrons. The van der Waals surface area contributed by atoms with E-state index in [9.17, 15) is 4.79 Å². The zero-order chi connectivity index (χ0) is 25.2. The maximum absolute atomic E-state index is 12.1. The first-order valence-corrected chi connectivity index (χ1v) is 12.1. The van der Waals surface area contributed by atoms with Crippen molar-refractivity contribution in [2.75, 3.05) is 6.61 Å². The Kier molecular flexibility index (Phi) is 6.48. The number of ether oxygens (including phenoxy) is 3. The highest BCUT2D eigenvalue weighted by atomic mass is 16.8. The van der Waals surface area contributed by atoms with Crippen LogP contribution in [0.3, 0.4) is 0 Å². The van der Waals surface area contributed by atoms with Gasteiger partial charge in [-0.25, -0.2) is 4.98 Å². The molecule has 0 unspecified atom stereocenters. The molecular weight excluding hydrogens is 452 g/mol. The lowest BCUT2D eigenvalue weighted by atomic mass is 9.77. The summed E-state index contributed by atoms with van der Waals surface area (Å²) in [5, 5.41) is 0. The number of hydrogen-bond donors (Lipinski definition) is 0. The molecule has 3 aromatic carbocycles. The van der Waals surface area contributed by atoms with Crippen molar-refractivity contribution >= 4 is 5.97 Å². The van der Waals surface area contributed by atoms with Crippen LogP contribution in [0.25, 0.3) is 0 Å². The van der Waals surface area contributed by atoms with Crippen LogP contribution in [-0.4, -0.2) is 34.0 Å². The summed E-state index contributed by atoms with van der Waals surface area (Å²) in [6, 6.07) is 31.0. The minimum Gasteiger partial charge on any atom is -0.453 e. The third-order valence-corrected chi connectivity index (χ3v) is 6.52. The highest BCUT2D eigenvalue weighted by molar-refractivity contribution is 5.66. The summed E-state index contributed by atoms with van der Waals surface area (Å²) in [7, 11) is 0. The maximum Gasteiger partial charge on any atom is 0.303 e. The van der Waals surface area contributed by atoms with Crippen molar-refractivity contribution in [1.29, 1.82) is 0 Å². The van der Waals surface area contributed by atoms with E-state index in [1.165, 1.54) is 6.92 Å². The van der Waals surface area contributed by atoms with Gasteiger partial charge in [-0.2, -0.15) is 0 Å². The number of esters is 1. The smallest absolute Gasteiger partial charge is 0.303 e. The predicted octanol–water partition coefficient (Wildman–Crippen LogP) is 5.48. The molecule has 0 N–H and O–H groups in total. The van der Waals surface area contributed by atoms with E-state index in [2.05, 4.69) is 41.0 Å². The topological polar surface area (TPSA) is 62.6 Å². The zero-order valence-corrected chi connectivity index (χ0v) is 20.7. The van der Waals surface area contributed by atoms with Crippen LogP contribution in [0.2, 0.25) is 0 Å². The Labute approximate surface area is 211 Å². The second-order valence-electron chi connectivity index (χ2n) is 9.41. The number of hydrogen-bond acceptors (Lipinski definition) is 5. The van der Waals surface area contributed by atoms with Crippen LogP contribution in [0.4, 0.5) is 0 Å². The molecule has 6 nitrogen and oxygen atoms in total. The van der Waals surface area contributed by atoms with E-state index in [0.717, 1.165) is 16.7 Å². The average Bonchev–Trinajstić information content (AvgIpc) is 3.52. The van der Waals surface area contributed by atoms with Gasteiger partial charge in [0.2, 0.25) is 0 Å². The molecule has 0 amide bonds. The third-order valence-electron chi connectivity index (χ3n) is 6.52. The van der Waals surface area contributed by atoms with E-state index < -0.39 is 29.5 Å². The maximum atomic E-state index is 12.1. The van der Waals surface area contributed by atoms with Crippen molar-refractivity contribution < 1.29 is 19.0 Å². The van der Waals surface area contributed by atoms with Crippen LogP contribution < -0.4 is 0 Å². The highest BCUT2D eigenvalue weighted by Crippen LogP contribution is 2.42. The number of carbonyl (C=O) groups is 1. The summed E-state index contributed by atoms with van der Waals surface area (Å²) < 4.78 is 19.7. The molecule has 1 aliphatic rings. The normalized spacial score (nSPS) is 18.0. The summed E-state index contributed by atoms with van der Waals surface area (Å²) in [6.45, 7) is 5.40. The Hall–Kier alpha value is -3.74. The fourth-order valence-corrected chi connectivity index (χ4v) is 5.02. The lowest BCUT2D eigenvalue weighted by Gasteiger charge is -2.37. The van der Waals surface area contributed by atoms with E-state index in [1.54, 1.807) is 6.33 Å². The van der Waals surface area contributed by atoms with Crippen LogP contribution in [-0.2, 0) is 24.5 Å². The second-order valence-corrected chi connectivity index (χ2v) is 9.41. The van der Waals surface area contributed by atoms with Crippen molar-refractivity contribution in [2.24, 2.45) is 0 Å². The third kappa shape index (κ3) is 4.45. The molecule has 1 aromatic heterocycles. The van der Waals surface area contributed by atoms with Crippen molar-refractivity contribution in [3.63, 3.8) is 0 Å². The van der Waals surface area contributed by atoms with Crippen molar-refractivity contribution in [3.05, 3.63) is 126 Å². The van der Waals surface area contributed by atoms with Crippen LogP contribution in [0.1, 0.15) is 49.3 Å². The molecule has 0 spiro atoms. The number of rotatable bonds is 7. The standard InChI is InChI=1S/C30H30N2O4/c1-22(33)35-28(27-20-34-29(2,3)36-27)26-19-32(21-31-26)30(23-13-7-4-8-14-23,24-15-9-5-10-16-24)25-17-11-6-12-18-25/h4-19,21,27-28H,20H2,1-3H3/t27-,28+/m1/s1. The largest absolute Gasteiger partial charge is 0.453 e. The summed E-state index contributed by atoms with van der Waals surface area (Å²) in [4.78, 5) is 16.8. The van der Waals surface area contributed by atoms with Gasteiger partial charge < -0.3 is 18.8 Å². The van der Waals surface area contributed by atoms with E-state index >= 15 is 0 Å². The molecule has 0 bridgehead atoms. The molecule has 4 aromatic rings. The van der Waals surface area contributed by atoms with E-state index in [-0.39, 0.29) is 0 Å². The van der Waals surface area contributed by atoms with Crippen molar-refractivity contribution in [2.45, 2.75) is 44.3 Å². The van der Waals surface area contributed by atoms with Gasteiger partial charge in [-0.15, -0.1) is 0 Å².